The highest BCUT2D eigenvalue weighted by Crippen LogP contribution is 2.35. The van der Waals surface area contributed by atoms with Crippen LogP contribution in [0.5, 0.6) is 0 Å². The predicted molar refractivity (Wildman–Crippen MR) is 68.8 cm³/mol. The summed E-state index contributed by atoms with van der Waals surface area (Å²) < 4.78 is 5.82. The van der Waals surface area contributed by atoms with E-state index in [-0.39, 0.29) is 0 Å². The van der Waals surface area contributed by atoms with Crippen LogP contribution in [0.1, 0.15) is 18.6 Å². The average Bonchev–Trinajstić information content (AvgIpc) is 2.70. The van der Waals surface area contributed by atoms with E-state index in [0.29, 0.717) is 0 Å². The molecule has 84 valence electrons. The van der Waals surface area contributed by atoms with Crippen molar-refractivity contribution in [2.75, 3.05) is 0 Å². The molecule has 6 heteroatoms. The van der Waals surface area contributed by atoms with Gasteiger partial charge in [-0.1, -0.05) is 33.8 Å². The molecule has 1 N–H and O–H groups in total. The van der Waals surface area contributed by atoms with Gasteiger partial charge in [-0.3, -0.25) is 0 Å². The van der Waals surface area contributed by atoms with E-state index in [4.69, 9.17) is 0 Å². The van der Waals surface area contributed by atoms with Crippen molar-refractivity contribution < 1.29 is 5.11 Å². The Kier molecular flexibility index (Phi) is 3.96. The van der Waals surface area contributed by atoms with Gasteiger partial charge in [-0.2, -0.15) is 4.37 Å². The number of aromatic nitrogens is 2. The van der Waals surface area contributed by atoms with Gasteiger partial charge in [0.25, 0.3) is 0 Å². The minimum absolute atomic E-state index is 0.483. The number of halogens is 1. The Morgan fingerprint density at radius 3 is 2.94 bits per heavy atom. The van der Waals surface area contributed by atoms with E-state index in [1.807, 2.05) is 18.2 Å². The van der Waals surface area contributed by atoms with Gasteiger partial charge < -0.3 is 5.11 Å². The van der Waals surface area contributed by atoms with Gasteiger partial charge in [-0.15, -0.1) is 0 Å². The van der Waals surface area contributed by atoms with Crippen molar-refractivity contribution in [2.24, 2.45) is 0 Å². The van der Waals surface area contributed by atoms with Gasteiger partial charge in [0.2, 0.25) is 0 Å². The molecular weight excluding hydrogens is 308 g/mol. The molecule has 0 aliphatic heterocycles. The standard InChI is InChI=1S/C10H9BrN2OS2/c1-6(14)8-3-2-7(11)4-9(8)15-10-12-5-13-16-10/h2-6,14H,1H3. The molecule has 2 aromatic rings. The summed E-state index contributed by atoms with van der Waals surface area (Å²) in [5.41, 5.74) is 0.906. The van der Waals surface area contributed by atoms with Crippen LogP contribution in [0.2, 0.25) is 0 Å². The lowest BCUT2D eigenvalue weighted by molar-refractivity contribution is 0.196. The van der Waals surface area contributed by atoms with Crippen LogP contribution in [0.15, 0.2) is 38.2 Å². The zero-order valence-electron chi connectivity index (χ0n) is 8.42. The number of aliphatic hydroxyl groups excluding tert-OH is 1. The maximum absolute atomic E-state index is 9.66. The molecular formula is C10H9BrN2OS2. The molecule has 0 saturated heterocycles. The van der Waals surface area contributed by atoms with Crippen molar-refractivity contribution in [3.05, 3.63) is 34.6 Å². The van der Waals surface area contributed by atoms with Crippen LogP contribution >= 0.6 is 39.2 Å². The van der Waals surface area contributed by atoms with Crippen LogP contribution in [0.3, 0.4) is 0 Å². The van der Waals surface area contributed by atoms with Gasteiger partial charge in [0, 0.05) is 9.37 Å². The van der Waals surface area contributed by atoms with E-state index in [1.54, 1.807) is 6.92 Å². The summed E-state index contributed by atoms with van der Waals surface area (Å²) in [5.74, 6) is 0. The molecule has 1 aromatic carbocycles. The van der Waals surface area contributed by atoms with Gasteiger partial charge in [0.1, 0.15) is 6.33 Å². The van der Waals surface area contributed by atoms with Gasteiger partial charge in [0.05, 0.1) is 6.10 Å². The molecule has 0 fully saturated rings. The Morgan fingerprint density at radius 1 is 1.50 bits per heavy atom. The fourth-order valence-electron chi connectivity index (χ4n) is 1.24. The summed E-state index contributed by atoms with van der Waals surface area (Å²) in [7, 11) is 0. The second kappa shape index (κ2) is 5.27. The monoisotopic (exact) mass is 316 g/mol. The smallest absolute Gasteiger partial charge is 0.174 e. The zero-order chi connectivity index (χ0) is 11.5. The van der Waals surface area contributed by atoms with Crippen LogP contribution in [-0.4, -0.2) is 14.5 Å². The summed E-state index contributed by atoms with van der Waals surface area (Å²) in [6.07, 6.45) is 1.05. The molecule has 1 aromatic heterocycles. The third-order valence-corrected chi connectivity index (χ3v) is 4.25. The van der Waals surface area contributed by atoms with Crippen LogP contribution in [0.4, 0.5) is 0 Å². The molecule has 2 rings (SSSR count). The maximum Gasteiger partial charge on any atom is 0.174 e. The third-order valence-electron chi connectivity index (χ3n) is 1.96. The molecule has 0 bridgehead atoms. The Hall–Kier alpha value is -0.430. The molecule has 0 radical (unpaired) electrons. The van der Waals surface area contributed by atoms with Crippen LogP contribution in [0.25, 0.3) is 0 Å². The molecule has 0 aliphatic carbocycles. The van der Waals surface area contributed by atoms with E-state index in [1.165, 1.54) is 29.6 Å². The number of benzene rings is 1. The first kappa shape index (κ1) is 12.0. The number of aliphatic hydroxyl groups is 1. The SMILES string of the molecule is CC(O)c1ccc(Br)cc1Sc1ncns1. The minimum atomic E-state index is -0.483. The summed E-state index contributed by atoms with van der Waals surface area (Å²) >= 11 is 6.29. The first-order valence-electron chi connectivity index (χ1n) is 4.59. The highest BCUT2D eigenvalue weighted by molar-refractivity contribution is 9.10. The highest BCUT2D eigenvalue weighted by atomic mass is 79.9. The molecule has 0 amide bonds. The van der Waals surface area contributed by atoms with E-state index in [9.17, 15) is 5.11 Å². The molecule has 3 nitrogen and oxygen atoms in total. The lowest BCUT2D eigenvalue weighted by Crippen LogP contribution is -1.93. The lowest BCUT2D eigenvalue weighted by Gasteiger charge is -2.10. The van der Waals surface area contributed by atoms with Crippen LogP contribution < -0.4 is 0 Å². The molecule has 1 heterocycles. The third kappa shape index (κ3) is 2.82. The van der Waals surface area contributed by atoms with Gasteiger partial charge in [-0.05, 0) is 36.2 Å². The average molecular weight is 317 g/mol. The summed E-state index contributed by atoms with van der Waals surface area (Å²) in [6, 6.07) is 5.82. The summed E-state index contributed by atoms with van der Waals surface area (Å²) in [6.45, 7) is 1.76. The Bertz CT molecular complexity index is 474. The molecule has 1 unspecified atom stereocenters. The van der Waals surface area contributed by atoms with E-state index < -0.39 is 6.10 Å². The van der Waals surface area contributed by atoms with Crippen molar-refractivity contribution >= 4 is 39.2 Å². The summed E-state index contributed by atoms with van der Waals surface area (Å²) in [5, 5.41) is 9.66. The molecule has 0 aliphatic rings. The first-order valence-corrected chi connectivity index (χ1v) is 6.97. The molecule has 0 spiro atoms. The predicted octanol–water partition coefficient (Wildman–Crippen LogP) is 3.51. The lowest BCUT2D eigenvalue weighted by atomic mass is 10.1. The minimum Gasteiger partial charge on any atom is -0.389 e. The Labute approximate surface area is 110 Å². The van der Waals surface area contributed by atoms with Gasteiger partial charge >= 0.3 is 0 Å². The van der Waals surface area contributed by atoms with Gasteiger partial charge in [-0.25, -0.2) is 4.98 Å². The fraction of sp³-hybridized carbons (Fsp3) is 0.200. The van der Waals surface area contributed by atoms with Crippen molar-refractivity contribution in [3.8, 4) is 0 Å². The largest absolute Gasteiger partial charge is 0.389 e. The second-order valence-corrected chi connectivity index (χ2v) is 6.15. The topological polar surface area (TPSA) is 46.0 Å². The van der Waals surface area contributed by atoms with Gasteiger partial charge in [0.15, 0.2) is 4.34 Å². The van der Waals surface area contributed by atoms with E-state index in [2.05, 4.69) is 25.3 Å². The summed E-state index contributed by atoms with van der Waals surface area (Å²) in [4.78, 5) is 5.12. The first-order chi connectivity index (χ1) is 7.66. The van der Waals surface area contributed by atoms with Crippen molar-refractivity contribution in [2.45, 2.75) is 22.3 Å². The van der Waals surface area contributed by atoms with Crippen LogP contribution in [-0.2, 0) is 0 Å². The zero-order valence-corrected chi connectivity index (χ0v) is 11.6. The van der Waals surface area contributed by atoms with Crippen molar-refractivity contribution in [3.63, 3.8) is 0 Å². The Morgan fingerprint density at radius 2 is 2.31 bits per heavy atom. The maximum atomic E-state index is 9.66. The van der Waals surface area contributed by atoms with Crippen molar-refractivity contribution in [1.82, 2.24) is 9.36 Å². The van der Waals surface area contributed by atoms with E-state index >= 15 is 0 Å². The number of nitrogens with zero attached hydrogens (tertiary/aromatic N) is 2. The van der Waals surface area contributed by atoms with Crippen LogP contribution in [0, 0.1) is 0 Å². The van der Waals surface area contributed by atoms with Crippen molar-refractivity contribution in [1.29, 1.82) is 0 Å². The second-order valence-electron chi connectivity index (χ2n) is 3.17. The fourth-order valence-corrected chi connectivity index (χ4v) is 3.41. The molecule has 1 atom stereocenters. The number of rotatable bonds is 3. The number of hydrogen-bond donors (Lipinski definition) is 1. The van der Waals surface area contributed by atoms with E-state index in [0.717, 1.165) is 19.3 Å². The molecule has 0 saturated carbocycles. The Balaban J connectivity index is 2.34. The highest BCUT2D eigenvalue weighted by Gasteiger charge is 2.11. The number of hydrogen-bond acceptors (Lipinski definition) is 5. The normalized spacial score (nSPS) is 12.7. The molecule has 16 heavy (non-hydrogen) atoms. The quantitative estimate of drug-likeness (QED) is 0.941.